The van der Waals surface area contributed by atoms with Crippen molar-refractivity contribution in [2.45, 2.75) is 6.54 Å². The molecule has 0 amide bonds. The Hall–Kier alpha value is -1.27. The van der Waals surface area contributed by atoms with E-state index < -0.39 is 0 Å². The molecule has 2 rings (SSSR count). The van der Waals surface area contributed by atoms with Crippen molar-refractivity contribution >= 4 is 15.9 Å². The molecule has 0 saturated heterocycles. The zero-order valence-corrected chi connectivity index (χ0v) is 10.4. The first kappa shape index (κ1) is 11.2. The second-order valence-corrected chi connectivity index (χ2v) is 4.12. The highest BCUT2D eigenvalue weighted by molar-refractivity contribution is 9.10. The molecule has 0 aliphatic heterocycles. The van der Waals surface area contributed by atoms with Crippen LogP contribution in [0.5, 0.6) is 0 Å². The van der Waals surface area contributed by atoms with Gasteiger partial charge in [0.2, 0.25) is 5.82 Å². The van der Waals surface area contributed by atoms with Crippen molar-refractivity contribution in [3.8, 4) is 11.4 Å². The number of nitrogens with zero attached hydrogens (tertiary/aromatic N) is 4. The smallest absolute Gasteiger partial charge is 0.204 e. The Balaban J connectivity index is 2.15. The minimum atomic E-state index is 0.580. The lowest BCUT2D eigenvalue weighted by Gasteiger charge is -1.96. The molecule has 0 spiro atoms. The fourth-order valence-electron chi connectivity index (χ4n) is 1.23. The van der Waals surface area contributed by atoms with Crippen LogP contribution < -0.4 is 0 Å². The van der Waals surface area contributed by atoms with E-state index in [1.54, 1.807) is 7.11 Å². The molecule has 16 heavy (non-hydrogen) atoms. The third kappa shape index (κ3) is 2.65. The summed E-state index contributed by atoms with van der Waals surface area (Å²) >= 11 is 3.38. The fraction of sp³-hybridized carbons (Fsp3) is 0.300. The van der Waals surface area contributed by atoms with Crippen LogP contribution in [0.1, 0.15) is 0 Å². The molecule has 0 aliphatic rings. The molecule has 6 heteroatoms. The van der Waals surface area contributed by atoms with Crippen molar-refractivity contribution in [1.29, 1.82) is 0 Å². The van der Waals surface area contributed by atoms with Gasteiger partial charge in [-0.15, -0.1) is 10.2 Å². The SMILES string of the molecule is COCCn1nnc(-c2ccc(Br)cc2)n1. The number of rotatable bonds is 4. The van der Waals surface area contributed by atoms with Gasteiger partial charge in [-0.25, -0.2) is 0 Å². The Morgan fingerprint density at radius 2 is 2.06 bits per heavy atom. The Bertz CT molecular complexity index is 454. The lowest BCUT2D eigenvalue weighted by Crippen LogP contribution is -2.07. The van der Waals surface area contributed by atoms with Gasteiger partial charge in [0.05, 0.1) is 13.2 Å². The van der Waals surface area contributed by atoms with Crippen LogP contribution in [0.15, 0.2) is 28.7 Å². The number of halogens is 1. The van der Waals surface area contributed by atoms with Crippen LogP contribution in [0.2, 0.25) is 0 Å². The number of methoxy groups -OCH3 is 1. The van der Waals surface area contributed by atoms with Crippen molar-refractivity contribution in [3.05, 3.63) is 28.7 Å². The van der Waals surface area contributed by atoms with E-state index in [1.165, 1.54) is 4.80 Å². The summed E-state index contributed by atoms with van der Waals surface area (Å²) in [6.07, 6.45) is 0. The molecule has 0 aliphatic carbocycles. The van der Waals surface area contributed by atoms with Gasteiger partial charge in [0.1, 0.15) is 0 Å². The second-order valence-electron chi connectivity index (χ2n) is 3.21. The summed E-state index contributed by atoms with van der Waals surface area (Å²) in [5.41, 5.74) is 0.951. The second kappa shape index (κ2) is 5.18. The number of hydrogen-bond acceptors (Lipinski definition) is 4. The summed E-state index contributed by atoms with van der Waals surface area (Å²) in [5, 5.41) is 12.2. The van der Waals surface area contributed by atoms with Crippen LogP contribution in [0.25, 0.3) is 11.4 Å². The van der Waals surface area contributed by atoms with E-state index in [2.05, 4.69) is 31.3 Å². The summed E-state index contributed by atoms with van der Waals surface area (Å²) < 4.78 is 5.97. The molecule has 0 fully saturated rings. The molecule has 0 atom stereocenters. The van der Waals surface area contributed by atoms with Gasteiger partial charge in [0.15, 0.2) is 0 Å². The first-order chi connectivity index (χ1) is 7.79. The topological polar surface area (TPSA) is 52.8 Å². The molecule has 5 nitrogen and oxygen atoms in total. The Kier molecular flexibility index (Phi) is 3.63. The van der Waals surface area contributed by atoms with Crippen molar-refractivity contribution in [3.63, 3.8) is 0 Å². The van der Waals surface area contributed by atoms with Gasteiger partial charge in [-0.2, -0.15) is 4.80 Å². The minimum absolute atomic E-state index is 0.580. The van der Waals surface area contributed by atoms with E-state index in [0.29, 0.717) is 19.0 Å². The van der Waals surface area contributed by atoms with Gasteiger partial charge in [-0.1, -0.05) is 15.9 Å². The molecule has 1 aromatic heterocycles. The van der Waals surface area contributed by atoms with Crippen LogP contribution in [-0.4, -0.2) is 33.9 Å². The normalized spacial score (nSPS) is 10.6. The fourth-order valence-corrected chi connectivity index (χ4v) is 1.49. The van der Waals surface area contributed by atoms with Gasteiger partial charge < -0.3 is 4.74 Å². The number of aromatic nitrogens is 4. The van der Waals surface area contributed by atoms with Crippen LogP contribution >= 0.6 is 15.9 Å². The summed E-state index contributed by atoms with van der Waals surface area (Å²) in [6, 6.07) is 7.79. The highest BCUT2D eigenvalue weighted by Crippen LogP contribution is 2.17. The molecule has 1 heterocycles. The van der Waals surface area contributed by atoms with Gasteiger partial charge in [0.25, 0.3) is 0 Å². The van der Waals surface area contributed by atoms with Crippen LogP contribution in [-0.2, 0) is 11.3 Å². The molecule has 1 aromatic carbocycles. The minimum Gasteiger partial charge on any atom is -0.383 e. The van der Waals surface area contributed by atoms with E-state index in [-0.39, 0.29) is 0 Å². The predicted octanol–water partition coefficient (Wildman–Crippen LogP) is 1.75. The van der Waals surface area contributed by atoms with Gasteiger partial charge in [-0.3, -0.25) is 0 Å². The quantitative estimate of drug-likeness (QED) is 0.857. The summed E-state index contributed by atoms with van der Waals surface area (Å²) in [6.45, 7) is 1.19. The predicted molar refractivity (Wildman–Crippen MR) is 62.8 cm³/mol. The summed E-state index contributed by atoms with van der Waals surface area (Å²) in [7, 11) is 1.65. The van der Waals surface area contributed by atoms with E-state index in [4.69, 9.17) is 4.74 Å². The molecule has 84 valence electrons. The Morgan fingerprint density at radius 3 is 2.75 bits per heavy atom. The van der Waals surface area contributed by atoms with Gasteiger partial charge in [0, 0.05) is 17.1 Å². The maximum atomic E-state index is 4.94. The molecule has 0 unspecified atom stereocenters. The Labute approximate surface area is 102 Å². The number of benzene rings is 1. The zero-order chi connectivity index (χ0) is 11.4. The molecule has 0 bridgehead atoms. The third-order valence-electron chi connectivity index (χ3n) is 2.05. The third-order valence-corrected chi connectivity index (χ3v) is 2.58. The first-order valence-electron chi connectivity index (χ1n) is 4.82. The lowest BCUT2D eigenvalue weighted by atomic mass is 10.2. The average molecular weight is 283 g/mol. The van der Waals surface area contributed by atoms with E-state index in [0.717, 1.165) is 10.0 Å². The van der Waals surface area contributed by atoms with Crippen LogP contribution in [0.4, 0.5) is 0 Å². The maximum Gasteiger partial charge on any atom is 0.204 e. The number of ether oxygens (including phenoxy) is 1. The zero-order valence-electron chi connectivity index (χ0n) is 8.80. The average Bonchev–Trinajstić information content (AvgIpc) is 2.76. The van der Waals surface area contributed by atoms with Gasteiger partial charge >= 0.3 is 0 Å². The van der Waals surface area contributed by atoms with Crippen molar-refractivity contribution in [1.82, 2.24) is 20.2 Å². The van der Waals surface area contributed by atoms with E-state index in [1.807, 2.05) is 24.3 Å². The van der Waals surface area contributed by atoms with Crippen molar-refractivity contribution in [2.24, 2.45) is 0 Å². The maximum absolute atomic E-state index is 4.94. The van der Waals surface area contributed by atoms with E-state index >= 15 is 0 Å². The van der Waals surface area contributed by atoms with Crippen LogP contribution in [0.3, 0.4) is 0 Å². The lowest BCUT2D eigenvalue weighted by molar-refractivity contribution is 0.178. The summed E-state index contributed by atoms with van der Waals surface area (Å²) in [4.78, 5) is 1.53. The molecular weight excluding hydrogens is 272 g/mol. The molecular formula is C10H11BrN4O. The highest BCUT2D eigenvalue weighted by atomic mass is 79.9. The number of hydrogen-bond donors (Lipinski definition) is 0. The van der Waals surface area contributed by atoms with Crippen LogP contribution in [0, 0.1) is 0 Å². The Morgan fingerprint density at radius 1 is 1.31 bits per heavy atom. The standard InChI is InChI=1S/C10H11BrN4O/c1-16-7-6-15-13-10(12-14-15)8-2-4-9(11)5-3-8/h2-5H,6-7H2,1H3. The molecule has 0 N–H and O–H groups in total. The summed E-state index contributed by atoms with van der Waals surface area (Å²) in [5.74, 6) is 0.628. The van der Waals surface area contributed by atoms with Gasteiger partial charge in [-0.05, 0) is 29.5 Å². The highest BCUT2D eigenvalue weighted by Gasteiger charge is 2.04. The monoisotopic (exact) mass is 282 g/mol. The molecule has 0 radical (unpaired) electrons. The van der Waals surface area contributed by atoms with E-state index in [9.17, 15) is 0 Å². The molecule has 0 saturated carbocycles. The first-order valence-corrected chi connectivity index (χ1v) is 5.61. The molecule has 2 aromatic rings. The van der Waals surface area contributed by atoms with Crippen molar-refractivity contribution < 1.29 is 4.74 Å². The largest absolute Gasteiger partial charge is 0.383 e. The number of tetrazole rings is 1. The van der Waals surface area contributed by atoms with Crippen molar-refractivity contribution in [2.75, 3.05) is 13.7 Å².